The SMILES string of the molecule is Nc1nccnc1C(=O)N(Cc1ccccc1)CC1(O)CCCC1. The van der Waals surface area contributed by atoms with Crippen molar-refractivity contribution >= 4 is 11.7 Å². The summed E-state index contributed by atoms with van der Waals surface area (Å²) in [5, 5.41) is 10.7. The number of carbonyl (C=O) groups excluding carboxylic acids is 1. The highest BCUT2D eigenvalue weighted by Gasteiger charge is 2.35. The summed E-state index contributed by atoms with van der Waals surface area (Å²) < 4.78 is 0. The molecule has 0 aliphatic heterocycles. The van der Waals surface area contributed by atoms with E-state index in [0.29, 0.717) is 19.4 Å². The summed E-state index contributed by atoms with van der Waals surface area (Å²) >= 11 is 0. The number of rotatable bonds is 5. The summed E-state index contributed by atoms with van der Waals surface area (Å²) in [6, 6.07) is 9.71. The van der Waals surface area contributed by atoms with Gasteiger partial charge in [0.05, 0.1) is 12.1 Å². The lowest BCUT2D eigenvalue weighted by molar-refractivity contribution is 0.00767. The van der Waals surface area contributed by atoms with Gasteiger partial charge in [0, 0.05) is 18.9 Å². The first kappa shape index (κ1) is 16.4. The molecule has 1 aliphatic rings. The monoisotopic (exact) mass is 326 g/mol. The highest BCUT2D eigenvalue weighted by atomic mass is 16.3. The summed E-state index contributed by atoms with van der Waals surface area (Å²) in [6.07, 6.45) is 6.30. The van der Waals surface area contributed by atoms with E-state index >= 15 is 0 Å². The molecule has 0 spiro atoms. The van der Waals surface area contributed by atoms with Crippen LogP contribution in [0.4, 0.5) is 5.82 Å². The van der Waals surface area contributed by atoms with Crippen LogP contribution in [0.5, 0.6) is 0 Å². The minimum atomic E-state index is -0.832. The van der Waals surface area contributed by atoms with Gasteiger partial charge in [-0.1, -0.05) is 43.2 Å². The Balaban J connectivity index is 1.86. The molecule has 3 N–H and O–H groups in total. The van der Waals surface area contributed by atoms with Crippen LogP contribution in [-0.4, -0.2) is 38.0 Å². The van der Waals surface area contributed by atoms with Crippen molar-refractivity contribution in [1.82, 2.24) is 14.9 Å². The molecular formula is C18H22N4O2. The molecule has 1 amide bonds. The van der Waals surface area contributed by atoms with Crippen LogP contribution in [-0.2, 0) is 6.54 Å². The fraction of sp³-hybridized carbons (Fsp3) is 0.389. The number of amides is 1. The number of nitrogens with zero attached hydrogens (tertiary/aromatic N) is 3. The van der Waals surface area contributed by atoms with Gasteiger partial charge in [0.15, 0.2) is 11.5 Å². The Morgan fingerprint density at radius 2 is 1.83 bits per heavy atom. The van der Waals surface area contributed by atoms with Gasteiger partial charge in [-0.25, -0.2) is 9.97 Å². The molecule has 1 aromatic carbocycles. The number of benzene rings is 1. The van der Waals surface area contributed by atoms with Crippen molar-refractivity contribution in [3.05, 3.63) is 54.0 Å². The zero-order valence-electron chi connectivity index (χ0n) is 13.6. The van der Waals surface area contributed by atoms with E-state index in [1.54, 1.807) is 4.90 Å². The Hall–Kier alpha value is -2.47. The second-order valence-electron chi connectivity index (χ2n) is 6.37. The Morgan fingerprint density at radius 1 is 1.17 bits per heavy atom. The molecule has 1 fully saturated rings. The number of nitrogen functional groups attached to an aromatic ring is 1. The van der Waals surface area contributed by atoms with Crippen molar-refractivity contribution in [2.75, 3.05) is 12.3 Å². The first-order chi connectivity index (χ1) is 11.6. The van der Waals surface area contributed by atoms with E-state index in [2.05, 4.69) is 9.97 Å². The number of aromatic nitrogens is 2. The average molecular weight is 326 g/mol. The van der Waals surface area contributed by atoms with E-state index in [0.717, 1.165) is 18.4 Å². The molecule has 0 saturated heterocycles. The first-order valence-electron chi connectivity index (χ1n) is 8.19. The van der Waals surface area contributed by atoms with Gasteiger partial charge >= 0.3 is 0 Å². The third-order valence-corrected chi connectivity index (χ3v) is 4.45. The van der Waals surface area contributed by atoms with E-state index in [-0.39, 0.29) is 24.0 Å². The predicted molar refractivity (Wildman–Crippen MR) is 91.0 cm³/mol. The van der Waals surface area contributed by atoms with Gasteiger partial charge in [0.1, 0.15) is 0 Å². The van der Waals surface area contributed by atoms with E-state index in [9.17, 15) is 9.90 Å². The Kier molecular flexibility index (Phi) is 4.76. The first-order valence-corrected chi connectivity index (χ1v) is 8.19. The maximum Gasteiger partial charge on any atom is 0.276 e. The molecule has 6 nitrogen and oxygen atoms in total. The molecular weight excluding hydrogens is 304 g/mol. The summed E-state index contributed by atoms with van der Waals surface area (Å²) in [7, 11) is 0. The second-order valence-corrected chi connectivity index (χ2v) is 6.37. The van der Waals surface area contributed by atoms with Crippen LogP contribution >= 0.6 is 0 Å². The molecule has 1 heterocycles. The molecule has 1 saturated carbocycles. The third kappa shape index (κ3) is 3.71. The molecule has 0 bridgehead atoms. The number of carbonyl (C=O) groups is 1. The van der Waals surface area contributed by atoms with E-state index in [4.69, 9.17) is 5.73 Å². The summed E-state index contributed by atoms with van der Waals surface area (Å²) in [5.41, 5.74) is 6.11. The fourth-order valence-corrected chi connectivity index (χ4v) is 3.21. The Labute approximate surface area is 141 Å². The molecule has 1 aromatic heterocycles. The molecule has 2 aromatic rings. The van der Waals surface area contributed by atoms with E-state index in [1.165, 1.54) is 12.4 Å². The molecule has 0 unspecified atom stereocenters. The van der Waals surface area contributed by atoms with E-state index in [1.807, 2.05) is 30.3 Å². The van der Waals surface area contributed by atoms with Crippen LogP contribution in [0.3, 0.4) is 0 Å². The topological polar surface area (TPSA) is 92.3 Å². The van der Waals surface area contributed by atoms with Gasteiger partial charge in [-0.05, 0) is 18.4 Å². The van der Waals surface area contributed by atoms with Crippen LogP contribution in [0, 0.1) is 0 Å². The average Bonchev–Trinajstić information content (AvgIpc) is 3.01. The number of hydrogen-bond donors (Lipinski definition) is 2. The lowest BCUT2D eigenvalue weighted by atomic mass is 10.0. The maximum absolute atomic E-state index is 12.9. The highest BCUT2D eigenvalue weighted by Crippen LogP contribution is 2.31. The number of aliphatic hydroxyl groups is 1. The van der Waals surface area contributed by atoms with Crippen molar-refractivity contribution in [1.29, 1.82) is 0 Å². The van der Waals surface area contributed by atoms with Gasteiger partial charge in [-0.15, -0.1) is 0 Å². The maximum atomic E-state index is 12.9. The third-order valence-electron chi connectivity index (χ3n) is 4.45. The second kappa shape index (κ2) is 6.97. The zero-order chi connectivity index (χ0) is 17.0. The van der Waals surface area contributed by atoms with Crippen molar-refractivity contribution in [3.8, 4) is 0 Å². The smallest absolute Gasteiger partial charge is 0.276 e. The van der Waals surface area contributed by atoms with Crippen LogP contribution < -0.4 is 5.73 Å². The zero-order valence-corrected chi connectivity index (χ0v) is 13.6. The van der Waals surface area contributed by atoms with Gasteiger partial charge in [-0.3, -0.25) is 4.79 Å². The number of nitrogens with two attached hydrogens (primary N) is 1. The Morgan fingerprint density at radius 3 is 2.50 bits per heavy atom. The van der Waals surface area contributed by atoms with Crippen LogP contribution in [0.1, 0.15) is 41.7 Å². The van der Waals surface area contributed by atoms with Crippen molar-refractivity contribution in [2.45, 2.75) is 37.8 Å². The number of anilines is 1. The van der Waals surface area contributed by atoms with Gasteiger partial charge < -0.3 is 15.7 Å². The molecule has 24 heavy (non-hydrogen) atoms. The summed E-state index contributed by atoms with van der Waals surface area (Å²) in [5.74, 6) is -0.191. The van der Waals surface area contributed by atoms with Crippen molar-refractivity contribution < 1.29 is 9.90 Å². The molecule has 0 atom stereocenters. The van der Waals surface area contributed by atoms with Gasteiger partial charge in [0.2, 0.25) is 0 Å². The molecule has 0 radical (unpaired) electrons. The van der Waals surface area contributed by atoms with Gasteiger partial charge in [0.25, 0.3) is 5.91 Å². The van der Waals surface area contributed by atoms with Crippen LogP contribution in [0.15, 0.2) is 42.7 Å². The molecule has 1 aliphatic carbocycles. The van der Waals surface area contributed by atoms with E-state index < -0.39 is 5.60 Å². The summed E-state index contributed by atoms with van der Waals surface area (Å²) in [6.45, 7) is 0.675. The predicted octanol–water partition coefficient (Wildman–Crippen LogP) is 2.01. The minimum Gasteiger partial charge on any atom is -0.388 e. The molecule has 3 rings (SSSR count). The summed E-state index contributed by atoms with van der Waals surface area (Å²) in [4.78, 5) is 22.6. The van der Waals surface area contributed by atoms with Crippen LogP contribution in [0.2, 0.25) is 0 Å². The van der Waals surface area contributed by atoms with Crippen LogP contribution in [0.25, 0.3) is 0 Å². The van der Waals surface area contributed by atoms with Crippen molar-refractivity contribution in [2.24, 2.45) is 0 Å². The quantitative estimate of drug-likeness (QED) is 0.877. The molecule has 126 valence electrons. The molecule has 6 heteroatoms. The van der Waals surface area contributed by atoms with Gasteiger partial charge in [-0.2, -0.15) is 0 Å². The number of hydrogen-bond acceptors (Lipinski definition) is 5. The minimum absolute atomic E-state index is 0.110. The Bertz CT molecular complexity index is 699. The fourth-order valence-electron chi connectivity index (χ4n) is 3.21. The highest BCUT2D eigenvalue weighted by molar-refractivity contribution is 5.96. The lowest BCUT2D eigenvalue weighted by Gasteiger charge is -2.31. The lowest BCUT2D eigenvalue weighted by Crippen LogP contribution is -2.44. The largest absolute Gasteiger partial charge is 0.388 e. The van der Waals surface area contributed by atoms with Crippen molar-refractivity contribution in [3.63, 3.8) is 0 Å². The normalized spacial score (nSPS) is 16.0. The standard InChI is InChI=1S/C18H22N4O2/c19-16-15(20-10-11-21-16)17(23)22(12-14-6-2-1-3-7-14)13-18(24)8-4-5-9-18/h1-3,6-7,10-11,24H,4-5,8-9,12-13H2,(H2,19,21).